The molecule has 1 heterocycles. The summed E-state index contributed by atoms with van der Waals surface area (Å²) >= 11 is 12.4. The van der Waals surface area contributed by atoms with Crippen LogP contribution in [-0.4, -0.2) is 59.4 Å². The van der Waals surface area contributed by atoms with Gasteiger partial charge in [0.25, 0.3) is 11.7 Å². The third-order valence-electron chi connectivity index (χ3n) is 6.23. The monoisotopic (exact) mass is 518 g/mol. The standard InChI is InChI=1S/C27H32Cl2N2O4/c1-4-7-15-35-20-10-8-9-19(16-20)25(32)23-24(18-11-12-21(28)22(29)17-18)31(27(34)26(23)33)14-13-30(5-2)6-3/h8-12,16-17,24,32H,4-7,13-15H2,1-3H3/b25-23+. The summed E-state index contributed by atoms with van der Waals surface area (Å²) in [5.74, 6) is -1.03. The molecule has 0 radical (unpaired) electrons. The van der Waals surface area contributed by atoms with Crippen molar-refractivity contribution < 1.29 is 19.4 Å². The molecule has 0 saturated carbocycles. The van der Waals surface area contributed by atoms with Crippen molar-refractivity contribution >= 4 is 40.7 Å². The van der Waals surface area contributed by atoms with Crippen molar-refractivity contribution in [2.75, 3.05) is 32.8 Å². The number of aliphatic hydroxyl groups excluding tert-OH is 1. The number of unbranched alkanes of at least 4 members (excludes halogenated alkanes) is 1. The molecule has 0 aliphatic carbocycles. The number of rotatable bonds is 11. The zero-order chi connectivity index (χ0) is 25.5. The molecule has 1 aliphatic heterocycles. The highest BCUT2D eigenvalue weighted by Crippen LogP contribution is 2.41. The summed E-state index contributed by atoms with van der Waals surface area (Å²) in [6.45, 7) is 9.29. The van der Waals surface area contributed by atoms with Crippen LogP contribution in [0.25, 0.3) is 5.76 Å². The smallest absolute Gasteiger partial charge is 0.295 e. The summed E-state index contributed by atoms with van der Waals surface area (Å²) < 4.78 is 5.77. The van der Waals surface area contributed by atoms with Gasteiger partial charge in [0.1, 0.15) is 11.5 Å². The van der Waals surface area contributed by atoms with E-state index in [1.54, 1.807) is 42.5 Å². The highest BCUT2D eigenvalue weighted by Gasteiger charge is 2.46. The third kappa shape index (κ3) is 6.18. The lowest BCUT2D eigenvalue weighted by molar-refractivity contribution is -0.140. The number of Topliss-reactive ketones (excluding diaryl/α,β-unsaturated/α-hetero) is 1. The molecule has 1 N–H and O–H groups in total. The molecule has 3 rings (SSSR count). The zero-order valence-electron chi connectivity index (χ0n) is 20.4. The van der Waals surface area contributed by atoms with Crippen molar-refractivity contribution in [2.45, 2.75) is 39.7 Å². The van der Waals surface area contributed by atoms with Crippen molar-refractivity contribution in [1.29, 1.82) is 0 Å². The summed E-state index contributed by atoms with van der Waals surface area (Å²) in [7, 11) is 0. The number of halogens is 2. The first-order chi connectivity index (χ1) is 16.8. The second-order valence-corrected chi connectivity index (χ2v) is 9.24. The van der Waals surface area contributed by atoms with Gasteiger partial charge in [-0.25, -0.2) is 0 Å². The van der Waals surface area contributed by atoms with Crippen molar-refractivity contribution in [1.82, 2.24) is 9.80 Å². The number of carbonyl (C=O) groups excluding carboxylic acids is 2. The fourth-order valence-electron chi connectivity index (χ4n) is 4.15. The summed E-state index contributed by atoms with van der Waals surface area (Å²) in [5, 5.41) is 12.0. The SMILES string of the molecule is CCCCOc1cccc(/C(O)=C2\C(=O)C(=O)N(CCN(CC)CC)C2c2ccc(Cl)c(Cl)c2)c1. The predicted octanol–water partition coefficient (Wildman–Crippen LogP) is 5.94. The number of carbonyl (C=O) groups is 2. The Balaban J connectivity index is 2.07. The molecule has 0 aromatic heterocycles. The summed E-state index contributed by atoms with van der Waals surface area (Å²) in [5.41, 5.74) is 1.04. The molecular formula is C27H32Cl2N2O4. The third-order valence-corrected chi connectivity index (χ3v) is 6.96. The maximum Gasteiger partial charge on any atom is 0.295 e. The fraction of sp³-hybridized carbons (Fsp3) is 0.407. The van der Waals surface area contributed by atoms with E-state index in [-0.39, 0.29) is 11.3 Å². The summed E-state index contributed by atoms with van der Waals surface area (Å²) in [6.07, 6.45) is 1.91. The largest absolute Gasteiger partial charge is 0.507 e. The van der Waals surface area contributed by atoms with Crippen LogP contribution < -0.4 is 4.74 Å². The zero-order valence-corrected chi connectivity index (χ0v) is 21.9. The number of benzene rings is 2. The Morgan fingerprint density at radius 2 is 1.80 bits per heavy atom. The fourth-order valence-corrected chi connectivity index (χ4v) is 4.46. The normalized spacial score (nSPS) is 17.4. The van der Waals surface area contributed by atoms with E-state index in [9.17, 15) is 14.7 Å². The van der Waals surface area contributed by atoms with Gasteiger partial charge in [0, 0.05) is 18.7 Å². The first-order valence-electron chi connectivity index (χ1n) is 12.0. The van der Waals surface area contributed by atoms with Gasteiger partial charge in [-0.05, 0) is 49.3 Å². The lowest BCUT2D eigenvalue weighted by Crippen LogP contribution is -2.38. The number of amides is 1. The van der Waals surface area contributed by atoms with Crippen LogP contribution in [0.5, 0.6) is 5.75 Å². The van der Waals surface area contributed by atoms with Gasteiger partial charge in [-0.2, -0.15) is 0 Å². The highest BCUT2D eigenvalue weighted by molar-refractivity contribution is 6.46. The van der Waals surface area contributed by atoms with Crippen LogP contribution in [-0.2, 0) is 9.59 Å². The molecule has 35 heavy (non-hydrogen) atoms. The number of hydrogen-bond donors (Lipinski definition) is 1. The first-order valence-corrected chi connectivity index (χ1v) is 12.8. The molecule has 0 spiro atoms. The Morgan fingerprint density at radius 1 is 1.06 bits per heavy atom. The van der Waals surface area contributed by atoms with E-state index >= 15 is 0 Å². The van der Waals surface area contributed by atoms with Crippen LogP contribution in [0, 0.1) is 0 Å². The molecule has 2 aromatic rings. The predicted molar refractivity (Wildman–Crippen MR) is 140 cm³/mol. The average molecular weight is 519 g/mol. The van der Waals surface area contributed by atoms with Gasteiger partial charge in [0.15, 0.2) is 0 Å². The van der Waals surface area contributed by atoms with Crippen LogP contribution >= 0.6 is 23.2 Å². The quantitative estimate of drug-likeness (QED) is 0.172. The van der Waals surface area contributed by atoms with E-state index in [0.717, 1.165) is 25.9 Å². The van der Waals surface area contributed by atoms with Crippen LogP contribution in [0.2, 0.25) is 10.0 Å². The van der Waals surface area contributed by atoms with Gasteiger partial charge in [-0.15, -0.1) is 0 Å². The van der Waals surface area contributed by atoms with Gasteiger partial charge < -0.3 is 19.6 Å². The van der Waals surface area contributed by atoms with E-state index in [1.165, 1.54) is 4.90 Å². The van der Waals surface area contributed by atoms with E-state index in [0.29, 0.717) is 46.6 Å². The number of likely N-dealkylation sites (tertiary alicyclic amines) is 1. The van der Waals surface area contributed by atoms with Gasteiger partial charge in [-0.1, -0.05) is 68.6 Å². The Bertz CT molecular complexity index is 1100. The maximum absolute atomic E-state index is 13.2. The molecule has 1 aliphatic rings. The Kier molecular flexibility index (Phi) is 9.61. The van der Waals surface area contributed by atoms with Crippen LogP contribution in [0.4, 0.5) is 0 Å². The van der Waals surface area contributed by atoms with Gasteiger partial charge in [-0.3, -0.25) is 9.59 Å². The average Bonchev–Trinajstić information content (AvgIpc) is 3.11. The van der Waals surface area contributed by atoms with E-state index < -0.39 is 17.7 Å². The van der Waals surface area contributed by atoms with Gasteiger partial charge in [0.05, 0.1) is 28.3 Å². The second-order valence-electron chi connectivity index (χ2n) is 8.42. The molecule has 1 atom stereocenters. The van der Waals surface area contributed by atoms with Crippen LogP contribution in [0.15, 0.2) is 48.0 Å². The molecule has 8 heteroatoms. The summed E-state index contributed by atoms with van der Waals surface area (Å²) in [6, 6.07) is 11.1. The van der Waals surface area contributed by atoms with Crippen molar-refractivity contribution in [3.8, 4) is 5.75 Å². The minimum Gasteiger partial charge on any atom is -0.507 e. The molecule has 1 amide bonds. The number of nitrogens with zero attached hydrogens (tertiary/aromatic N) is 2. The number of hydrogen-bond acceptors (Lipinski definition) is 5. The molecular weight excluding hydrogens is 487 g/mol. The highest BCUT2D eigenvalue weighted by atomic mass is 35.5. The number of ketones is 1. The van der Waals surface area contributed by atoms with Crippen LogP contribution in [0.1, 0.15) is 50.8 Å². The minimum atomic E-state index is -0.787. The molecule has 188 valence electrons. The number of likely N-dealkylation sites (N-methyl/N-ethyl adjacent to an activating group) is 1. The van der Waals surface area contributed by atoms with Crippen molar-refractivity contribution in [3.63, 3.8) is 0 Å². The summed E-state index contributed by atoms with van der Waals surface area (Å²) in [4.78, 5) is 30.1. The molecule has 1 fully saturated rings. The minimum absolute atomic E-state index is 0.0265. The topological polar surface area (TPSA) is 70.1 Å². The number of ether oxygens (including phenoxy) is 1. The number of aliphatic hydroxyl groups is 1. The van der Waals surface area contributed by atoms with Gasteiger partial charge in [0.2, 0.25) is 0 Å². The lowest BCUT2D eigenvalue weighted by Gasteiger charge is -2.28. The first kappa shape index (κ1) is 27.1. The van der Waals surface area contributed by atoms with E-state index in [2.05, 4.69) is 11.8 Å². The Hall–Kier alpha value is -2.54. The maximum atomic E-state index is 13.2. The Labute approximate surface area is 217 Å². The second kappa shape index (κ2) is 12.4. The molecule has 0 bridgehead atoms. The molecule has 1 unspecified atom stereocenters. The van der Waals surface area contributed by atoms with E-state index in [1.807, 2.05) is 13.8 Å². The molecule has 6 nitrogen and oxygen atoms in total. The molecule has 2 aromatic carbocycles. The van der Waals surface area contributed by atoms with Gasteiger partial charge >= 0.3 is 0 Å². The van der Waals surface area contributed by atoms with Crippen LogP contribution in [0.3, 0.4) is 0 Å². The molecule has 1 saturated heterocycles. The lowest BCUT2D eigenvalue weighted by atomic mass is 9.95. The van der Waals surface area contributed by atoms with Crippen molar-refractivity contribution in [3.05, 3.63) is 69.2 Å². The van der Waals surface area contributed by atoms with E-state index in [4.69, 9.17) is 27.9 Å². The Morgan fingerprint density at radius 3 is 2.46 bits per heavy atom. The van der Waals surface area contributed by atoms with Crippen molar-refractivity contribution in [2.24, 2.45) is 0 Å².